The second-order valence-corrected chi connectivity index (χ2v) is 6.79. The van der Waals surface area contributed by atoms with Gasteiger partial charge in [0.2, 0.25) is 0 Å². The van der Waals surface area contributed by atoms with Gasteiger partial charge in [-0.2, -0.15) is 5.10 Å². The molecule has 7 nitrogen and oxygen atoms in total. The number of hydrazone groups is 1. The van der Waals surface area contributed by atoms with E-state index in [4.69, 9.17) is 21.7 Å². The highest BCUT2D eigenvalue weighted by molar-refractivity contribution is 7.71. The van der Waals surface area contributed by atoms with Crippen molar-refractivity contribution in [2.75, 3.05) is 13.2 Å². The Labute approximate surface area is 174 Å². The van der Waals surface area contributed by atoms with Crippen molar-refractivity contribution in [2.45, 2.75) is 26.7 Å². The van der Waals surface area contributed by atoms with Crippen LogP contribution in [0.25, 0.3) is 11.0 Å². The van der Waals surface area contributed by atoms with Gasteiger partial charge < -0.3 is 19.4 Å². The summed E-state index contributed by atoms with van der Waals surface area (Å²) in [6, 6.07) is 10.8. The molecule has 0 aliphatic heterocycles. The number of rotatable bonds is 9. The summed E-state index contributed by atoms with van der Waals surface area (Å²) in [6.45, 7) is 5.22. The Balaban J connectivity index is 1.67. The van der Waals surface area contributed by atoms with E-state index in [1.54, 1.807) is 24.4 Å². The number of carbonyl (C=O) groups is 1. The molecule has 0 aliphatic rings. The van der Waals surface area contributed by atoms with Gasteiger partial charge >= 0.3 is 0 Å². The zero-order valence-electron chi connectivity index (χ0n) is 16.5. The number of ether oxygens (including phenoxy) is 2. The standard InChI is InChI=1S/C21H24N4O3S/c1-3-5-10-28-18-9-6-14(11-19(18)27-4-2)13-22-25-20(26)15-7-8-16-17(12-15)24-21(29)23-16/h6-9,11-13H,3-5,10H2,1-2H3,(H,25,26)(H2,23,24,29)/b22-13-. The normalized spacial score (nSPS) is 11.1. The first-order valence-electron chi connectivity index (χ1n) is 9.55. The number of nitrogens with one attached hydrogen (secondary N) is 3. The lowest BCUT2D eigenvalue weighted by Crippen LogP contribution is -2.17. The number of imidazole rings is 1. The minimum Gasteiger partial charge on any atom is -0.490 e. The second kappa shape index (κ2) is 9.88. The van der Waals surface area contributed by atoms with Crippen LogP contribution in [0.1, 0.15) is 42.6 Å². The molecule has 0 bridgehead atoms. The van der Waals surface area contributed by atoms with Gasteiger partial charge in [0.1, 0.15) is 0 Å². The summed E-state index contributed by atoms with van der Waals surface area (Å²) in [7, 11) is 0. The summed E-state index contributed by atoms with van der Waals surface area (Å²) in [5, 5.41) is 4.05. The second-order valence-electron chi connectivity index (χ2n) is 6.38. The Kier molecular flexibility index (Phi) is 7.02. The maximum atomic E-state index is 12.3. The number of fused-ring (bicyclic) bond motifs is 1. The smallest absolute Gasteiger partial charge is 0.271 e. The van der Waals surface area contributed by atoms with Gasteiger partial charge in [-0.1, -0.05) is 13.3 Å². The van der Waals surface area contributed by atoms with Gasteiger partial charge in [0.05, 0.1) is 30.5 Å². The van der Waals surface area contributed by atoms with E-state index in [9.17, 15) is 4.79 Å². The number of benzene rings is 2. The summed E-state index contributed by atoms with van der Waals surface area (Å²) < 4.78 is 11.9. The third-order valence-corrected chi connectivity index (χ3v) is 4.39. The van der Waals surface area contributed by atoms with Crippen LogP contribution >= 0.6 is 12.2 Å². The Morgan fingerprint density at radius 2 is 1.93 bits per heavy atom. The number of carbonyl (C=O) groups excluding carboxylic acids is 1. The van der Waals surface area contributed by atoms with Gasteiger partial charge in [-0.15, -0.1) is 0 Å². The van der Waals surface area contributed by atoms with Crippen molar-refractivity contribution in [1.29, 1.82) is 0 Å². The highest BCUT2D eigenvalue weighted by Gasteiger charge is 2.08. The number of aromatic amines is 2. The molecule has 0 fully saturated rings. The monoisotopic (exact) mass is 412 g/mol. The van der Waals surface area contributed by atoms with E-state index in [0.717, 1.165) is 29.4 Å². The molecular weight excluding hydrogens is 388 g/mol. The molecular formula is C21H24N4O3S. The first kappa shape index (κ1) is 20.6. The topological polar surface area (TPSA) is 91.5 Å². The molecule has 0 unspecified atom stereocenters. The molecule has 29 heavy (non-hydrogen) atoms. The Morgan fingerprint density at radius 3 is 2.72 bits per heavy atom. The molecule has 0 aliphatic carbocycles. The summed E-state index contributed by atoms with van der Waals surface area (Å²) in [5.74, 6) is 1.05. The molecule has 3 aromatic rings. The van der Waals surface area contributed by atoms with E-state index < -0.39 is 0 Å². The van der Waals surface area contributed by atoms with E-state index >= 15 is 0 Å². The Hall–Kier alpha value is -3.13. The molecule has 0 saturated carbocycles. The lowest BCUT2D eigenvalue weighted by Gasteiger charge is -2.12. The van der Waals surface area contributed by atoms with Crippen LogP contribution in [0.3, 0.4) is 0 Å². The lowest BCUT2D eigenvalue weighted by molar-refractivity contribution is 0.0955. The predicted octanol–water partition coefficient (Wildman–Crippen LogP) is 4.57. The van der Waals surface area contributed by atoms with Crippen LogP contribution in [0.15, 0.2) is 41.5 Å². The fourth-order valence-corrected chi connectivity index (χ4v) is 2.94. The van der Waals surface area contributed by atoms with E-state index in [1.165, 1.54) is 0 Å². The highest BCUT2D eigenvalue weighted by Crippen LogP contribution is 2.28. The molecule has 152 valence electrons. The quantitative estimate of drug-likeness (QED) is 0.208. The van der Waals surface area contributed by atoms with Crippen molar-refractivity contribution in [3.63, 3.8) is 0 Å². The number of amides is 1. The zero-order chi connectivity index (χ0) is 20.6. The fraction of sp³-hybridized carbons (Fsp3) is 0.286. The van der Waals surface area contributed by atoms with Crippen LogP contribution in [0, 0.1) is 4.77 Å². The molecule has 0 spiro atoms. The number of hydrogen-bond donors (Lipinski definition) is 3. The maximum Gasteiger partial charge on any atom is 0.271 e. The molecule has 3 rings (SSSR count). The van der Waals surface area contributed by atoms with Crippen molar-refractivity contribution < 1.29 is 14.3 Å². The lowest BCUT2D eigenvalue weighted by atomic mass is 10.2. The van der Waals surface area contributed by atoms with Crippen LogP contribution in [0.4, 0.5) is 0 Å². The largest absolute Gasteiger partial charge is 0.490 e. The average molecular weight is 413 g/mol. The highest BCUT2D eigenvalue weighted by atomic mass is 32.1. The number of H-pyrrole nitrogens is 2. The van der Waals surface area contributed by atoms with Crippen LogP contribution in [0.5, 0.6) is 11.5 Å². The van der Waals surface area contributed by atoms with E-state index in [1.807, 2.05) is 25.1 Å². The van der Waals surface area contributed by atoms with Crippen LogP contribution < -0.4 is 14.9 Å². The summed E-state index contributed by atoms with van der Waals surface area (Å²) in [6.07, 6.45) is 3.62. The Bertz CT molecular complexity index is 1070. The zero-order valence-corrected chi connectivity index (χ0v) is 17.3. The summed E-state index contributed by atoms with van der Waals surface area (Å²) in [4.78, 5) is 18.3. The molecule has 1 aromatic heterocycles. The minimum absolute atomic E-state index is 0.312. The van der Waals surface area contributed by atoms with E-state index in [-0.39, 0.29) is 5.91 Å². The van der Waals surface area contributed by atoms with Crippen LogP contribution in [-0.4, -0.2) is 35.3 Å². The van der Waals surface area contributed by atoms with E-state index in [2.05, 4.69) is 27.4 Å². The molecule has 2 aromatic carbocycles. The van der Waals surface area contributed by atoms with Gasteiger partial charge in [0.15, 0.2) is 16.3 Å². The maximum absolute atomic E-state index is 12.3. The molecule has 0 saturated heterocycles. The van der Waals surface area contributed by atoms with Crippen molar-refractivity contribution >= 4 is 35.4 Å². The van der Waals surface area contributed by atoms with Crippen molar-refractivity contribution in [2.24, 2.45) is 5.10 Å². The van der Waals surface area contributed by atoms with Crippen LogP contribution in [0.2, 0.25) is 0 Å². The molecule has 8 heteroatoms. The van der Waals surface area contributed by atoms with Gasteiger partial charge in [0.25, 0.3) is 5.91 Å². The van der Waals surface area contributed by atoms with Crippen molar-refractivity contribution in [1.82, 2.24) is 15.4 Å². The SMILES string of the molecule is CCCCOc1ccc(/C=N\NC(=O)c2ccc3[nH]c(=S)[nH]c3c2)cc1OCC. The molecule has 1 amide bonds. The number of aromatic nitrogens is 2. The van der Waals surface area contributed by atoms with Gasteiger partial charge in [-0.05, 0) is 67.5 Å². The number of unbranched alkanes of at least 4 members (excludes halogenated alkanes) is 1. The average Bonchev–Trinajstić information content (AvgIpc) is 3.09. The third-order valence-electron chi connectivity index (χ3n) is 4.18. The summed E-state index contributed by atoms with van der Waals surface area (Å²) in [5.41, 5.74) is 5.43. The predicted molar refractivity (Wildman–Crippen MR) is 117 cm³/mol. The molecule has 1 heterocycles. The van der Waals surface area contributed by atoms with Gasteiger partial charge in [-0.25, -0.2) is 5.43 Å². The van der Waals surface area contributed by atoms with Crippen LogP contribution in [-0.2, 0) is 0 Å². The number of hydrogen-bond acceptors (Lipinski definition) is 5. The fourth-order valence-electron chi connectivity index (χ4n) is 2.72. The molecule has 0 radical (unpaired) electrons. The first-order chi connectivity index (χ1) is 14.1. The third kappa shape index (κ3) is 5.45. The minimum atomic E-state index is -0.312. The number of nitrogens with zero attached hydrogens (tertiary/aromatic N) is 1. The first-order valence-corrected chi connectivity index (χ1v) is 9.96. The van der Waals surface area contributed by atoms with Gasteiger partial charge in [0, 0.05) is 5.56 Å². The summed E-state index contributed by atoms with van der Waals surface area (Å²) >= 11 is 5.06. The Morgan fingerprint density at radius 1 is 1.10 bits per heavy atom. The molecule has 3 N–H and O–H groups in total. The molecule has 0 atom stereocenters. The van der Waals surface area contributed by atoms with Crippen molar-refractivity contribution in [3.05, 3.63) is 52.3 Å². The van der Waals surface area contributed by atoms with Crippen molar-refractivity contribution in [3.8, 4) is 11.5 Å². The van der Waals surface area contributed by atoms with Gasteiger partial charge in [-0.3, -0.25) is 4.79 Å². The van der Waals surface area contributed by atoms with E-state index in [0.29, 0.717) is 35.0 Å².